The Morgan fingerprint density at radius 3 is 2.75 bits per heavy atom. The van der Waals surface area contributed by atoms with E-state index in [9.17, 15) is 5.11 Å². The van der Waals surface area contributed by atoms with Gasteiger partial charge in [-0.3, -0.25) is 0 Å². The van der Waals surface area contributed by atoms with Gasteiger partial charge >= 0.3 is 0 Å². The second kappa shape index (κ2) is 6.42. The molecule has 1 aliphatic rings. The Bertz CT molecular complexity index is 482. The molecule has 0 heterocycles. The molecular weight excluding hydrogens is 250 g/mol. The molecule has 0 saturated heterocycles. The van der Waals surface area contributed by atoms with Crippen LogP contribution in [0.15, 0.2) is 24.3 Å². The third kappa shape index (κ3) is 3.41. The van der Waals surface area contributed by atoms with Crippen LogP contribution in [0, 0.1) is 0 Å². The Hall–Kier alpha value is -1.32. The highest BCUT2D eigenvalue weighted by Crippen LogP contribution is 2.35. The highest BCUT2D eigenvalue weighted by atomic mass is 16.5. The SMILES string of the molecule is CC(C)NC(C)[C@H](O)COc1cccc2c1C=CC2C. The number of allylic oxidation sites excluding steroid dienone is 1. The highest BCUT2D eigenvalue weighted by molar-refractivity contribution is 5.67. The van der Waals surface area contributed by atoms with Gasteiger partial charge in [0.25, 0.3) is 0 Å². The van der Waals surface area contributed by atoms with E-state index in [0.717, 1.165) is 11.3 Å². The zero-order valence-corrected chi connectivity index (χ0v) is 12.8. The summed E-state index contributed by atoms with van der Waals surface area (Å²) < 4.78 is 5.82. The molecule has 2 rings (SSSR count). The minimum absolute atomic E-state index is 0.0150. The molecule has 0 spiro atoms. The Balaban J connectivity index is 1.97. The molecule has 1 aromatic carbocycles. The van der Waals surface area contributed by atoms with Gasteiger partial charge in [0.15, 0.2) is 0 Å². The summed E-state index contributed by atoms with van der Waals surface area (Å²) in [5.74, 6) is 1.30. The molecule has 0 bridgehead atoms. The quantitative estimate of drug-likeness (QED) is 0.838. The van der Waals surface area contributed by atoms with E-state index in [1.54, 1.807) is 0 Å². The van der Waals surface area contributed by atoms with Crippen molar-refractivity contribution in [3.05, 3.63) is 35.4 Å². The summed E-state index contributed by atoms with van der Waals surface area (Å²) in [4.78, 5) is 0. The molecule has 3 atom stereocenters. The van der Waals surface area contributed by atoms with Crippen LogP contribution in [-0.2, 0) is 0 Å². The average molecular weight is 275 g/mol. The van der Waals surface area contributed by atoms with Crippen molar-refractivity contribution in [1.29, 1.82) is 0 Å². The Morgan fingerprint density at radius 1 is 1.30 bits per heavy atom. The van der Waals surface area contributed by atoms with E-state index in [2.05, 4.69) is 44.3 Å². The summed E-state index contributed by atoms with van der Waals surface area (Å²) in [5, 5.41) is 13.4. The smallest absolute Gasteiger partial charge is 0.126 e. The number of aliphatic hydroxyl groups is 1. The first-order valence-electron chi connectivity index (χ1n) is 7.37. The molecule has 0 saturated carbocycles. The molecule has 1 aliphatic carbocycles. The van der Waals surface area contributed by atoms with Gasteiger partial charge in [0.05, 0.1) is 0 Å². The first-order chi connectivity index (χ1) is 9.49. The van der Waals surface area contributed by atoms with Crippen LogP contribution in [0.2, 0.25) is 0 Å². The summed E-state index contributed by atoms with van der Waals surface area (Å²) in [7, 11) is 0. The third-order valence-electron chi connectivity index (χ3n) is 3.72. The van der Waals surface area contributed by atoms with Gasteiger partial charge in [-0.05, 0) is 18.6 Å². The second-order valence-corrected chi connectivity index (χ2v) is 5.90. The molecule has 0 radical (unpaired) electrons. The standard InChI is InChI=1S/C17H25NO2/c1-11(2)18-13(4)16(19)10-20-17-7-5-6-14-12(3)8-9-15(14)17/h5-9,11-13,16,18-19H,10H2,1-4H3/t12?,13?,16-/m1/s1. The number of aliphatic hydroxyl groups excluding tert-OH is 1. The lowest BCUT2D eigenvalue weighted by atomic mass is 10.0. The molecular formula is C17H25NO2. The van der Waals surface area contributed by atoms with Gasteiger partial charge in [-0.2, -0.15) is 0 Å². The molecule has 3 heteroatoms. The molecule has 0 aliphatic heterocycles. The molecule has 2 N–H and O–H groups in total. The first kappa shape index (κ1) is 15.1. The Labute approximate surface area is 121 Å². The van der Waals surface area contributed by atoms with E-state index >= 15 is 0 Å². The van der Waals surface area contributed by atoms with Gasteiger partial charge in [0.1, 0.15) is 18.5 Å². The predicted molar refractivity (Wildman–Crippen MR) is 83.1 cm³/mol. The van der Waals surface area contributed by atoms with Gasteiger partial charge in [-0.1, -0.05) is 45.1 Å². The number of hydrogen-bond donors (Lipinski definition) is 2. The van der Waals surface area contributed by atoms with Gasteiger partial charge in [-0.15, -0.1) is 0 Å². The van der Waals surface area contributed by atoms with Crippen LogP contribution in [0.1, 0.15) is 44.7 Å². The van der Waals surface area contributed by atoms with Crippen molar-refractivity contribution < 1.29 is 9.84 Å². The number of nitrogens with one attached hydrogen (secondary N) is 1. The van der Waals surface area contributed by atoms with Crippen molar-refractivity contribution in [3.63, 3.8) is 0 Å². The van der Waals surface area contributed by atoms with Crippen LogP contribution in [0.3, 0.4) is 0 Å². The van der Waals surface area contributed by atoms with E-state index < -0.39 is 6.10 Å². The highest BCUT2D eigenvalue weighted by Gasteiger charge is 2.19. The van der Waals surface area contributed by atoms with E-state index in [1.807, 2.05) is 19.1 Å². The van der Waals surface area contributed by atoms with Gasteiger partial charge in [-0.25, -0.2) is 0 Å². The van der Waals surface area contributed by atoms with Crippen molar-refractivity contribution in [2.45, 2.75) is 51.8 Å². The zero-order valence-electron chi connectivity index (χ0n) is 12.8. The van der Waals surface area contributed by atoms with Crippen LogP contribution in [0.4, 0.5) is 0 Å². The molecule has 0 fully saturated rings. The van der Waals surface area contributed by atoms with Crippen molar-refractivity contribution >= 4 is 6.08 Å². The minimum Gasteiger partial charge on any atom is -0.490 e. The third-order valence-corrected chi connectivity index (χ3v) is 3.72. The normalized spacial score (nSPS) is 20.0. The average Bonchev–Trinajstić information content (AvgIpc) is 2.77. The molecule has 2 unspecified atom stereocenters. The number of benzene rings is 1. The summed E-state index contributed by atoms with van der Waals surface area (Å²) in [5.41, 5.74) is 2.45. The Morgan fingerprint density at radius 2 is 2.05 bits per heavy atom. The van der Waals surface area contributed by atoms with E-state index in [-0.39, 0.29) is 6.04 Å². The molecule has 3 nitrogen and oxygen atoms in total. The van der Waals surface area contributed by atoms with Gasteiger partial charge in [0.2, 0.25) is 0 Å². The molecule has 1 aromatic rings. The van der Waals surface area contributed by atoms with Crippen molar-refractivity contribution in [1.82, 2.24) is 5.32 Å². The summed E-state index contributed by atoms with van der Waals surface area (Å²) in [6.07, 6.45) is 3.77. The lowest BCUT2D eigenvalue weighted by Crippen LogP contribution is -2.43. The van der Waals surface area contributed by atoms with Crippen LogP contribution in [0.5, 0.6) is 5.75 Å². The van der Waals surface area contributed by atoms with Crippen LogP contribution in [0.25, 0.3) is 6.08 Å². The number of hydrogen-bond acceptors (Lipinski definition) is 3. The first-order valence-corrected chi connectivity index (χ1v) is 7.37. The number of ether oxygens (including phenoxy) is 1. The van der Waals surface area contributed by atoms with Gasteiger partial charge < -0.3 is 15.2 Å². The number of rotatable bonds is 6. The predicted octanol–water partition coefficient (Wildman–Crippen LogP) is 2.94. The van der Waals surface area contributed by atoms with Crippen LogP contribution in [-0.4, -0.2) is 29.9 Å². The second-order valence-electron chi connectivity index (χ2n) is 5.90. The lowest BCUT2D eigenvalue weighted by molar-refractivity contribution is 0.0758. The maximum Gasteiger partial charge on any atom is 0.126 e. The zero-order chi connectivity index (χ0) is 14.7. The summed E-state index contributed by atoms with van der Waals surface area (Å²) in [6.45, 7) is 8.60. The maximum absolute atomic E-state index is 10.1. The van der Waals surface area contributed by atoms with Crippen molar-refractivity contribution in [2.75, 3.05) is 6.61 Å². The lowest BCUT2D eigenvalue weighted by Gasteiger charge is -2.23. The summed E-state index contributed by atoms with van der Waals surface area (Å²) >= 11 is 0. The van der Waals surface area contributed by atoms with Crippen molar-refractivity contribution in [3.8, 4) is 5.75 Å². The fraction of sp³-hybridized carbons (Fsp3) is 0.529. The van der Waals surface area contributed by atoms with Crippen molar-refractivity contribution in [2.24, 2.45) is 0 Å². The number of fused-ring (bicyclic) bond motifs is 1. The maximum atomic E-state index is 10.1. The van der Waals surface area contributed by atoms with Crippen LogP contribution < -0.4 is 10.1 Å². The van der Waals surface area contributed by atoms with E-state index in [0.29, 0.717) is 18.6 Å². The minimum atomic E-state index is -0.518. The molecule has 0 amide bonds. The van der Waals surface area contributed by atoms with E-state index in [1.165, 1.54) is 5.56 Å². The monoisotopic (exact) mass is 275 g/mol. The van der Waals surface area contributed by atoms with Crippen LogP contribution >= 0.6 is 0 Å². The topological polar surface area (TPSA) is 41.5 Å². The van der Waals surface area contributed by atoms with Gasteiger partial charge in [0, 0.05) is 23.6 Å². The Kier molecular flexibility index (Phi) is 4.84. The fourth-order valence-corrected chi connectivity index (χ4v) is 2.56. The summed E-state index contributed by atoms with van der Waals surface area (Å²) in [6, 6.07) is 6.48. The molecule has 0 aromatic heterocycles. The van der Waals surface area contributed by atoms with E-state index in [4.69, 9.17) is 4.74 Å². The largest absolute Gasteiger partial charge is 0.490 e. The molecule has 110 valence electrons. The fourth-order valence-electron chi connectivity index (χ4n) is 2.56. The molecule has 20 heavy (non-hydrogen) atoms.